The summed E-state index contributed by atoms with van der Waals surface area (Å²) in [6.07, 6.45) is 12.6. The number of aromatic nitrogens is 4. The Labute approximate surface area is 216 Å². The van der Waals surface area contributed by atoms with Crippen LogP contribution in [0, 0.1) is 11.3 Å². The Morgan fingerprint density at radius 2 is 1.83 bits per heavy atom. The number of nitrogens with zero attached hydrogens (tertiary/aromatic N) is 6. The maximum absolute atomic E-state index is 12.3. The Kier molecular flexibility index (Phi) is 9.19. The van der Waals surface area contributed by atoms with E-state index in [1.54, 1.807) is 12.4 Å². The van der Waals surface area contributed by atoms with E-state index in [1.807, 2.05) is 13.1 Å². The monoisotopic (exact) mass is 499 g/mol. The Morgan fingerprint density at radius 1 is 1.08 bits per heavy atom. The highest BCUT2D eigenvalue weighted by Gasteiger charge is 2.40. The number of H-pyrrole nitrogens is 1. The third-order valence-corrected chi connectivity index (χ3v) is 8.07. The van der Waals surface area contributed by atoms with Crippen LogP contribution in [0.5, 0.6) is 0 Å². The van der Waals surface area contributed by atoms with E-state index in [9.17, 15) is 4.79 Å². The number of carbonyl (C=O) groups is 1. The summed E-state index contributed by atoms with van der Waals surface area (Å²) in [4.78, 5) is 31.8. The second-order valence-electron chi connectivity index (χ2n) is 11.3. The average molecular weight is 500 g/mol. The first-order valence-electron chi connectivity index (χ1n) is 13.6. The van der Waals surface area contributed by atoms with Gasteiger partial charge in [-0.05, 0) is 70.1 Å². The summed E-state index contributed by atoms with van der Waals surface area (Å²) in [5.74, 6) is 2.29. The smallest absolute Gasteiger partial charge is 0.322 e. The Balaban J connectivity index is 1.27. The van der Waals surface area contributed by atoms with Crippen molar-refractivity contribution in [2.24, 2.45) is 11.3 Å². The van der Waals surface area contributed by atoms with Gasteiger partial charge in [0.05, 0.1) is 20.2 Å². The van der Waals surface area contributed by atoms with Crippen molar-refractivity contribution in [3.63, 3.8) is 0 Å². The second kappa shape index (κ2) is 12.3. The van der Waals surface area contributed by atoms with Crippen molar-refractivity contribution in [3.05, 3.63) is 36.4 Å². The van der Waals surface area contributed by atoms with Gasteiger partial charge < -0.3 is 24.1 Å². The van der Waals surface area contributed by atoms with Crippen molar-refractivity contribution in [1.82, 2.24) is 34.2 Å². The fourth-order valence-electron chi connectivity index (χ4n) is 5.92. The number of hydrogen-bond acceptors (Lipinski definition) is 7. The second-order valence-corrected chi connectivity index (χ2v) is 11.3. The molecule has 1 spiro atoms. The molecule has 2 fully saturated rings. The summed E-state index contributed by atoms with van der Waals surface area (Å²) >= 11 is 0. The zero-order chi connectivity index (χ0) is 25.5. The summed E-state index contributed by atoms with van der Waals surface area (Å²) in [5, 5.41) is 0. The van der Waals surface area contributed by atoms with Crippen molar-refractivity contribution in [2.75, 3.05) is 46.4 Å². The van der Waals surface area contributed by atoms with Crippen molar-refractivity contribution < 1.29 is 9.53 Å². The zero-order valence-electron chi connectivity index (χ0n) is 22.7. The van der Waals surface area contributed by atoms with Crippen molar-refractivity contribution in [2.45, 2.75) is 72.1 Å². The lowest BCUT2D eigenvalue weighted by Crippen LogP contribution is -2.42. The van der Waals surface area contributed by atoms with E-state index in [4.69, 9.17) is 4.74 Å². The molecule has 4 heterocycles. The number of aromatic amines is 1. The number of carbonyl (C=O) groups excluding carboxylic acids is 1. The van der Waals surface area contributed by atoms with E-state index >= 15 is 0 Å². The summed E-state index contributed by atoms with van der Waals surface area (Å²) in [6, 6.07) is -0.391. The van der Waals surface area contributed by atoms with Gasteiger partial charge in [-0.25, -0.2) is 9.97 Å². The van der Waals surface area contributed by atoms with Crippen LogP contribution in [0.2, 0.25) is 0 Å². The molecular weight excluding hydrogens is 454 g/mol. The molecule has 0 saturated carbocycles. The molecular formula is C27H45N7O2. The molecule has 2 saturated heterocycles. The predicted octanol–water partition coefficient (Wildman–Crippen LogP) is 3.00. The lowest BCUT2D eigenvalue weighted by molar-refractivity contribution is -0.146. The van der Waals surface area contributed by atoms with Crippen molar-refractivity contribution in [1.29, 1.82) is 0 Å². The van der Waals surface area contributed by atoms with Gasteiger partial charge in [0.1, 0.15) is 17.7 Å². The van der Waals surface area contributed by atoms with Gasteiger partial charge in [-0.2, -0.15) is 0 Å². The normalized spacial score (nSPS) is 19.5. The molecule has 9 nitrogen and oxygen atoms in total. The number of aryl methyl sites for hydroxylation is 1. The van der Waals surface area contributed by atoms with Crippen LogP contribution in [0.3, 0.4) is 0 Å². The minimum Gasteiger partial charge on any atom is -0.468 e. The Bertz CT molecular complexity index is 934. The minimum absolute atomic E-state index is 0.252. The van der Waals surface area contributed by atoms with Gasteiger partial charge >= 0.3 is 5.97 Å². The highest BCUT2D eigenvalue weighted by molar-refractivity contribution is 5.75. The minimum atomic E-state index is -0.391. The SMILES string of the molecule is COC(=O)[C@@H](C)N(Cc1ncc[nH]1)Cc1nccn1CCCN1CCC2(CCN(CC(C)C)CC2)C1. The van der Waals surface area contributed by atoms with E-state index in [1.165, 1.54) is 59.1 Å². The molecule has 9 heteroatoms. The molecule has 1 N–H and O–H groups in total. The molecule has 0 aromatic carbocycles. The first-order chi connectivity index (χ1) is 17.4. The molecule has 0 unspecified atom stereocenters. The Morgan fingerprint density at radius 3 is 2.50 bits per heavy atom. The van der Waals surface area contributed by atoms with E-state index in [-0.39, 0.29) is 5.97 Å². The van der Waals surface area contributed by atoms with Crippen LogP contribution in [0.1, 0.15) is 58.1 Å². The number of likely N-dealkylation sites (tertiary alicyclic amines) is 2. The molecule has 0 aliphatic carbocycles. The number of piperidine rings is 1. The quantitative estimate of drug-likeness (QED) is 0.450. The number of rotatable bonds is 12. The van der Waals surface area contributed by atoms with Gasteiger partial charge in [0.25, 0.3) is 0 Å². The summed E-state index contributed by atoms with van der Waals surface area (Å²) < 4.78 is 7.24. The predicted molar refractivity (Wildman–Crippen MR) is 140 cm³/mol. The van der Waals surface area contributed by atoms with Gasteiger partial charge in [0, 0.05) is 44.4 Å². The molecule has 2 aromatic rings. The number of imidazole rings is 2. The van der Waals surface area contributed by atoms with Crippen LogP contribution in [-0.2, 0) is 29.2 Å². The van der Waals surface area contributed by atoms with E-state index in [2.05, 4.69) is 54.3 Å². The topological polar surface area (TPSA) is 82.5 Å². The fourth-order valence-corrected chi connectivity index (χ4v) is 5.92. The molecule has 0 radical (unpaired) electrons. The first-order valence-corrected chi connectivity index (χ1v) is 13.6. The highest BCUT2D eigenvalue weighted by atomic mass is 16.5. The molecule has 0 bridgehead atoms. The lowest BCUT2D eigenvalue weighted by atomic mass is 9.77. The standard InChI is InChI=1S/C27H45N7O2/c1-22(2)18-31-14-6-27(7-15-31)8-16-32(21-27)12-5-13-33-17-11-30-25(33)20-34(23(3)26(35)36-4)19-24-28-9-10-29-24/h9-11,17,22-23H,5-8,12-16,18-21H2,1-4H3,(H,28,29)/t23-/m1/s1. The zero-order valence-corrected chi connectivity index (χ0v) is 22.7. The number of esters is 1. The molecule has 0 amide bonds. The molecule has 2 aliphatic heterocycles. The van der Waals surface area contributed by atoms with Crippen LogP contribution < -0.4 is 0 Å². The third-order valence-electron chi connectivity index (χ3n) is 8.07. The molecule has 1 atom stereocenters. The maximum Gasteiger partial charge on any atom is 0.322 e. The molecule has 2 aliphatic rings. The molecule has 2 aromatic heterocycles. The van der Waals surface area contributed by atoms with Crippen LogP contribution in [0.15, 0.2) is 24.8 Å². The van der Waals surface area contributed by atoms with Gasteiger partial charge in [-0.1, -0.05) is 13.8 Å². The summed E-state index contributed by atoms with van der Waals surface area (Å²) in [7, 11) is 1.43. The summed E-state index contributed by atoms with van der Waals surface area (Å²) in [5.41, 5.74) is 0.546. The fraction of sp³-hybridized carbons (Fsp3) is 0.741. The van der Waals surface area contributed by atoms with Crippen molar-refractivity contribution >= 4 is 5.97 Å². The van der Waals surface area contributed by atoms with Gasteiger partial charge in [0.2, 0.25) is 0 Å². The van der Waals surface area contributed by atoms with Gasteiger partial charge in [0.15, 0.2) is 0 Å². The first kappa shape index (κ1) is 26.8. The average Bonchev–Trinajstić information content (AvgIpc) is 3.62. The Hall–Kier alpha value is -2.23. The summed E-state index contributed by atoms with van der Waals surface area (Å²) in [6.45, 7) is 15.9. The van der Waals surface area contributed by atoms with Crippen LogP contribution in [0.4, 0.5) is 0 Å². The molecule has 200 valence electrons. The largest absolute Gasteiger partial charge is 0.468 e. The van der Waals surface area contributed by atoms with Gasteiger partial charge in [-0.3, -0.25) is 9.69 Å². The van der Waals surface area contributed by atoms with Crippen LogP contribution in [-0.4, -0.2) is 92.6 Å². The molecule has 4 rings (SSSR count). The third kappa shape index (κ3) is 6.95. The van der Waals surface area contributed by atoms with E-state index in [0.29, 0.717) is 18.5 Å². The maximum atomic E-state index is 12.3. The number of nitrogens with one attached hydrogen (secondary N) is 1. The number of ether oxygens (including phenoxy) is 1. The molecule has 36 heavy (non-hydrogen) atoms. The van der Waals surface area contributed by atoms with E-state index < -0.39 is 6.04 Å². The highest BCUT2D eigenvalue weighted by Crippen LogP contribution is 2.40. The van der Waals surface area contributed by atoms with Gasteiger partial charge in [-0.15, -0.1) is 0 Å². The van der Waals surface area contributed by atoms with Crippen LogP contribution in [0.25, 0.3) is 0 Å². The van der Waals surface area contributed by atoms with E-state index in [0.717, 1.165) is 37.1 Å². The number of methoxy groups -OCH3 is 1. The van der Waals surface area contributed by atoms with Crippen molar-refractivity contribution in [3.8, 4) is 0 Å². The number of hydrogen-bond donors (Lipinski definition) is 1. The van der Waals surface area contributed by atoms with Crippen LogP contribution >= 0.6 is 0 Å². The lowest BCUT2D eigenvalue weighted by Gasteiger charge is -2.40.